The molecule has 1 unspecified atom stereocenters. The highest BCUT2D eigenvalue weighted by Crippen LogP contribution is 2.35. The van der Waals surface area contributed by atoms with E-state index < -0.39 is 6.04 Å². The number of nitrogens with two attached hydrogens (primary N) is 1. The van der Waals surface area contributed by atoms with Crippen molar-refractivity contribution in [2.75, 3.05) is 0 Å². The Labute approximate surface area is 98.8 Å². The fourth-order valence-electron chi connectivity index (χ4n) is 1.08. The van der Waals surface area contributed by atoms with Crippen LogP contribution in [0.5, 0.6) is 5.75 Å². The molecule has 1 aromatic rings. The van der Waals surface area contributed by atoms with Crippen LogP contribution in [-0.4, -0.2) is 5.11 Å². The molecular formula is C9H8Br2N2O. The van der Waals surface area contributed by atoms with Gasteiger partial charge in [0.25, 0.3) is 0 Å². The summed E-state index contributed by atoms with van der Waals surface area (Å²) in [5.41, 5.74) is 6.28. The van der Waals surface area contributed by atoms with Gasteiger partial charge in [-0.25, -0.2) is 0 Å². The molecule has 5 heteroatoms. The summed E-state index contributed by atoms with van der Waals surface area (Å²) in [5, 5.41) is 18.2. The molecule has 0 saturated carbocycles. The van der Waals surface area contributed by atoms with Crippen LogP contribution in [0.2, 0.25) is 0 Å². The first-order valence-electron chi connectivity index (χ1n) is 3.86. The molecule has 0 radical (unpaired) electrons. The van der Waals surface area contributed by atoms with Crippen LogP contribution in [0, 0.1) is 11.3 Å². The van der Waals surface area contributed by atoms with E-state index in [9.17, 15) is 5.11 Å². The van der Waals surface area contributed by atoms with Crippen molar-refractivity contribution in [1.29, 1.82) is 5.26 Å². The number of rotatable bonds is 2. The van der Waals surface area contributed by atoms with Gasteiger partial charge in [-0.15, -0.1) is 0 Å². The number of benzene rings is 1. The van der Waals surface area contributed by atoms with E-state index in [-0.39, 0.29) is 12.2 Å². The molecule has 3 N–H and O–H groups in total. The van der Waals surface area contributed by atoms with E-state index in [1.165, 1.54) is 0 Å². The van der Waals surface area contributed by atoms with Crippen molar-refractivity contribution in [1.82, 2.24) is 0 Å². The van der Waals surface area contributed by atoms with Crippen LogP contribution in [0.4, 0.5) is 0 Å². The normalized spacial score (nSPS) is 12.1. The first-order chi connectivity index (χ1) is 6.56. The van der Waals surface area contributed by atoms with E-state index in [1.807, 2.05) is 6.07 Å². The summed E-state index contributed by atoms with van der Waals surface area (Å²) in [4.78, 5) is 0. The number of phenolic OH excluding ortho intramolecular Hbond substituents is 1. The van der Waals surface area contributed by atoms with Gasteiger partial charge in [-0.3, -0.25) is 0 Å². The van der Waals surface area contributed by atoms with Crippen LogP contribution >= 0.6 is 31.9 Å². The largest absolute Gasteiger partial charge is 0.506 e. The van der Waals surface area contributed by atoms with Gasteiger partial charge >= 0.3 is 0 Å². The minimum absolute atomic E-state index is 0.0935. The Bertz CT molecular complexity index is 387. The van der Waals surface area contributed by atoms with Crippen LogP contribution < -0.4 is 5.73 Å². The summed E-state index contributed by atoms with van der Waals surface area (Å²) in [6, 6.07) is 4.93. The lowest BCUT2D eigenvalue weighted by Crippen LogP contribution is -2.09. The zero-order valence-corrected chi connectivity index (χ0v) is 10.3. The average molecular weight is 320 g/mol. The zero-order chi connectivity index (χ0) is 10.7. The highest BCUT2D eigenvalue weighted by molar-refractivity contribution is 9.11. The van der Waals surface area contributed by atoms with E-state index in [1.54, 1.807) is 12.1 Å². The maximum atomic E-state index is 9.66. The second-order valence-corrected chi connectivity index (χ2v) is 4.56. The summed E-state index contributed by atoms with van der Waals surface area (Å²) >= 11 is 6.48. The maximum absolute atomic E-state index is 9.66. The maximum Gasteiger partial charge on any atom is 0.134 e. The van der Waals surface area contributed by atoms with Crippen molar-refractivity contribution in [3.8, 4) is 11.8 Å². The Morgan fingerprint density at radius 1 is 1.50 bits per heavy atom. The van der Waals surface area contributed by atoms with Crippen molar-refractivity contribution >= 4 is 31.9 Å². The highest BCUT2D eigenvalue weighted by Gasteiger charge is 2.13. The van der Waals surface area contributed by atoms with Gasteiger partial charge in [0, 0.05) is 16.1 Å². The molecule has 14 heavy (non-hydrogen) atoms. The van der Waals surface area contributed by atoms with Crippen LogP contribution in [-0.2, 0) is 0 Å². The van der Waals surface area contributed by atoms with E-state index in [4.69, 9.17) is 11.0 Å². The molecule has 1 atom stereocenters. The number of hydrogen-bond acceptors (Lipinski definition) is 3. The highest BCUT2D eigenvalue weighted by atomic mass is 79.9. The molecule has 0 bridgehead atoms. The first-order valence-corrected chi connectivity index (χ1v) is 5.45. The fourth-order valence-corrected chi connectivity index (χ4v) is 2.34. The lowest BCUT2D eigenvalue weighted by Gasteiger charge is -2.11. The topological polar surface area (TPSA) is 70.0 Å². The number of nitriles is 1. The van der Waals surface area contributed by atoms with Gasteiger partial charge < -0.3 is 10.8 Å². The van der Waals surface area contributed by atoms with Gasteiger partial charge in [-0.05, 0) is 28.1 Å². The first kappa shape index (κ1) is 11.5. The van der Waals surface area contributed by atoms with Crippen molar-refractivity contribution in [3.05, 3.63) is 26.6 Å². The number of hydrogen-bond donors (Lipinski definition) is 2. The standard InChI is InChI=1S/C9H8Br2N2O/c10-5-3-6(8(13)1-2-12)9(14)7(11)4-5/h3-4,8,14H,1,13H2. The molecule has 1 rings (SSSR count). The van der Waals surface area contributed by atoms with E-state index in [0.29, 0.717) is 10.0 Å². The Kier molecular flexibility index (Phi) is 3.93. The quantitative estimate of drug-likeness (QED) is 0.880. The van der Waals surface area contributed by atoms with Crippen LogP contribution in [0.1, 0.15) is 18.0 Å². The minimum Gasteiger partial charge on any atom is -0.506 e. The lowest BCUT2D eigenvalue weighted by atomic mass is 10.0. The number of aromatic hydroxyl groups is 1. The molecule has 0 heterocycles. The smallest absolute Gasteiger partial charge is 0.134 e. The molecular weight excluding hydrogens is 312 g/mol. The fraction of sp³-hybridized carbons (Fsp3) is 0.222. The third-order valence-corrected chi connectivity index (χ3v) is 2.83. The Morgan fingerprint density at radius 2 is 2.14 bits per heavy atom. The van der Waals surface area contributed by atoms with Gasteiger partial charge in [0.2, 0.25) is 0 Å². The number of halogens is 2. The second-order valence-electron chi connectivity index (χ2n) is 2.79. The van der Waals surface area contributed by atoms with E-state index in [2.05, 4.69) is 31.9 Å². The summed E-state index contributed by atoms with van der Waals surface area (Å²) in [7, 11) is 0. The van der Waals surface area contributed by atoms with E-state index in [0.717, 1.165) is 4.47 Å². The summed E-state index contributed by atoms with van der Waals surface area (Å²) < 4.78 is 1.38. The second kappa shape index (κ2) is 4.78. The van der Waals surface area contributed by atoms with Crippen LogP contribution in [0.25, 0.3) is 0 Å². The molecule has 1 aromatic carbocycles. The Balaban J connectivity index is 3.14. The van der Waals surface area contributed by atoms with Gasteiger partial charge in [0.15, 0.2) is 0 Å². The molecule has 0 aliphatic carbocycles. The zero-order valence-electron chi connectivity index (χ0n) is 7.17. The van der Waals surface area contributed by atoms with Gasteiger partial charge in [-0.1, -0.05) is 15.9 Å². The van der Waals surface area contributed by atoms with Crippen molar-refractivity contribution in [3.63, 3.8) is 0 Å². The summed E-state index contributed by atoms with van der Waals surface area (Å²) in [6.45, 7) is 0. The van der Waals surface area contributed by atoms with Gasteiger partial charge in [-0.2, -0.15) is 5.26 Å². The van der Waals surface area contributed by atoms with E-state index >= 15 is 0 Å². The average Bonchev–Trinajstić information content (AvgIpc) is 2.11. The molecule has 0 aliphatic rings. The number of phenols is 1. The molecule has 3 nitrogen and oxygen atoms in total. The predicted octanol–water partition coefficient (Wildman–Crippen LogP) is 2.83. The predicted molar refractivity (Wildman–Crippen MR) is 60.7 cm³/mol. The van der Waals surface area contributed by atoms with Crippen LogP contribution in [0.15, 0.2) is 21.1 Å². The lowest BCUT2D eigenvalue weighted by molar-refractivity contribution is 0.458. The monoisotopic (exact) mass is 318 g/mol. The molecule has 0 aliphatic heterocycles. The third kappa shape index (κ3) is 2.47. The molecule has 0 amide bonds. The van der Waals surface area contributed by atoms with Crippen LogP contribution in [0.3, 0.4) is 0 Å². The van der Waals surface area contributed by atoms with Crippen molar-refractivity contribution in [2.45, 2.75) is 12.5 Å². The van der Waals surface area contributed by atoms with Gasteiger partial charge in [0.1, 0.15) is 5.75 Å². The van der Waals surface area contributed by atoms with Crippen molar-refractivity contribution < 1.29 is 5.11 Å². The molecule has 0 aromatic heterocycles. The van der Waals surface area contributed by atoms with Gasteiger partial charge in [0.05, 0.1) is 17.0 Å². The molecule has 74 valence electrons. The molecule has 0 fully saturated rings. The third-order valence-electron chi connectivity index (χ3n) is 1.77. The summed E-state index contributed by atoms with van der Waals surface area (Å²) in [6.07, 6.45) is 0.177. The molecule has 0 spiro atoms. The summed E-state index contributed by atoms with van der Waals surface area (Å²) in [5.74, 6) is 0.0935. The molecule has 0 saturated heterocycles. The minimum atomic E-state index is -0.464. The van der Waals surface area contributed by atoms with Crippen molar-refractivity contribution in [2.24, 2.45) is 5.73 Å². The Morgan fingerprint density at radius 3 is 2.71 bits per heavy atom. The SMILES string of the molecule is N#CCC(N)c1cc(Br)cc(Br)c1O. The number of nitrogens with zero attached hydrogens (tertiary/aromatic N) is 1. The Hall–Kier alpha value is -0.570.